The molecule has 0 radical (unpaired) electrons. The predicted octanol–water partition coefficient (Wildman–Crippen LogP) is 7.90. The third-order valence-electron chi connectivity index (χ3n) is 6.61. The fraction of sp³-hybridized carbons (Fsp3) is 0.333. The highest BCUT2D eigenvalue weighted by Gasteiger charge is 2.42. The highest BCUT2D eigenvalue weighted by atomic mass is 31.2. The molecule has 0 saturated heterocycles. The van der Waals surface area contributed by atoms with Crippen molar-refractivity contribution >= 4 is 8.60 Å². The fourth-order valence-electron chi connectivity index (χ4n) is 5.13. The van der Waals surface area contributed by atoms with Gasteiger partial charge in [-0.05, 0) is 71.0 Å². The lowest BCUT2D eigenvalue weighted by Gasteiger charge is -2.30. The summed E-state index contributed by atoms with van der Waals surface area (Å²) in [5.41, 5.74) is 4.12. The topological polar surface area (TPSA) is 27.7 Å². The molecule has 31 heavy (non-hydrogen) atoms. The highest BCUT2D eigenvalue weighted by Crippen LogP contribution is 2.56. The van der Waals surface area contributed by atoms with Crippen LogP contribution in [-0.2, 0) is 10.8 Å². The Kier molecular flexibility index (Phi) is 4.98. The third-order valence-corrected chi connectivity index (χ3v) is 7.67. The molecule has 0 saturated carbocycles. The Morgan fingerprint density at radius 2 is 1.55 bits per heavy atom. The fourth-order valence-corrected chi connectivity index (χ4v) is 6.15. The number of rotatable bonds is 2. The molecule has 0 amide bonds. The van der Waals surface area contributed by atoms with Crippen LogP contribution >= 0.6 is 8.60 Å². The summed E-state index contributed by atoms with van der Waals surface area (Å²) >= 11 is 0. The third kappa shape index (κ3) is 3.92. The molecule has 0 aromatic heterocycles. The summed E-state index contributed by atoms with van der Waals surface area (Å²) < 4.78 is 19.0. The molecule has 3 nitrogen and oxygen atoms in total. The summed E-state index contributed by atoms with van der Waals surface area (Å²) in [6, 6.07) is 24.6. The lowest BCUT2D eigenvalue weighted by molar-refractivity contribution is 0.377. The number of benzene rings is 3. The summed E-state index contributed by atoms with van der Waals surface area (Å²) in [4.78, 5) is 0. The van der Waals surface area contributed by atoms with E-state index in [1.807, 2.05) is 36.4 Å². The average molecular weight is 433 g/mol. The van der Waals surface area contributed by atoms with Crippen LogP contribution < -0.4 is 13.6 Å². The van der Waals surface area contributed by atoms with E-state index >= 15 is 0 Å². The minimum atomic E-state index is -1.66. The zero-order chi connectivity index (χ0) is 21.6. The first kappa shape index (κ1) is 20.4. The second-order valence-electron chi connectivity index (χ2n) is 9.93. The van der Waals surface area contributed by atoms with Crippen LogP contribution in [0.5, 0.6) is 17.2 Å². The maximum atomic E-state index is 6.50. The van der Waals surface area contributed by atoms with Gasteiger partial charge in [-0.3, -0.25) is 0 Å². The predicted molar refractivity (Wildman–Crippen MR) is 126 cm³/mol. The van der Waals surface area contributed by atoms with E-state index in [2.05, 4.69) is 64.1 Å². The lowest BCUT2D eigenvalue weighted by atomic mass is 9.74. The van der Waals surface area contributed by atoms with Gasteiger partial charge in [0.2, 0.25) is 0 Å². The highest BCUT2D eigenvalue weighted by molar-refractivity contribution is 7.43. The molecule has 5 rings (SSSR count). The second kappa shape index (κ2) is 7.57. The number of hydrogen-bond donors (Lipinski definition) is 0. The van der Waals surface area contributed by atoms with Crippen LogP contribution in [0, 0.1) is 0 Å². The molecule has 0 N–H and O–H groups in total. The van der Waals surface area contributed by atoms with Crippen LogP contribution in [0.3, 0.4) is 0 Å². The van der Waals surface area contributed by atoms with E-state index in [9.17, 15) is 0 Å². The molecule has 1 unspecified atom stereocenters. The zero-order valence-electron chi connectivity index (χ0n) is 18.6. The van der Waals surface area contributed by atoms with Gasteiger partial charge in [0.05, 0.1) is 0 Å². The molecule has 0 spiro atoms. The van der Waals surface area contributed by atoms with Gasteiger partial charge < -0.3 is 13.6 Å². The minimum Gasteiger partial charge on any atom is -0.409 e. The minimum absolute atomic E-state index is 0.0161. The Hall–Kier alpha value is -2.51. The largest absolute Gasteiger partial charge is 0.530 e. The van der Waals surface area contributed by atoms with Crippen molar-refractivity contribution < 1.29 is 13.6 Å². The van der Waals surface area contributed by atoms with E-state index in [1.165, 1.54) is 16.7 Å². The molecule has 2 aliphatic rings. The molecular formula is C27H29O3P. The van der Waals surface area contributed by atoms with E-state index in [0.29, 0.717) is 5.92 Å². The molecule has 2 atom stereocenters. The Morgan fingerprint density at radius 1 is 0.806 bits per heavy atom. The van der Waals surface area contributed by atoms with Gasteiger partial charge in [0.15, 0.2) is 0 Å². The van der Waals surface area contributed by atoms with E-state index in [1.54, 1.807) is 0 Å². The van der Waals surface area contributed by atoms with Crippen LogP contribution in [0.15, 0.2) is 72.8 Å². The molecule has 3 aromatic carbocycles. The van der Waals surface area contributed by atoms with E-state index in [0.717, 1.165) is 30.1 Å². The van der Waals surface area contributed by atoms with Crippen LogP contribution in [0.2, 0.25) is 0 Å². The first-order valence-corrected chi connectivity index (χ1v) is 12.0. The van der Waals surface area contributed by atoms with Crippen molar-refractivity contribution in [2.24, 2.45) is 0 Å². The quantitative estimate of drug-likeness (QED) is 0.385. The zero-order valence-corrected chi connectivity index (χ0v) is 19.5. The normalized spacial score (nSPS) is 23.0. The van der Waals surface area contributed by atoms with Crippen molar-refractivity contribution in [3.8, 4) is 17.2 Å². The second-order valence-corrected chi connectivity index (χ2v) is 10.9. The summed E-state index contributed by atoms with van der Waals surface area (Å²) in [7, 11) is -1.66. The summed E-state index contributed by atoms with van der Waals surface area (Å²) in [5, 5.41) is 0. The van der Waals surface area contributed by atoms with Gasteiger partial charge in [-0.25, -0.2) is 0 Å². The van der Waals surface area contributed by atoms with Crippen molar-refractivity contribution in [2.75, 3.05) is 0 Å². The Labute approximate surface area is 186 Å². The number of para-hydroxylation sites is 1. The van der Waals surface area contributed by atoms with Gasteiger partial charge in [0, 0.05) is 5.56 Å². The monoisotopic (exact) mass is 432 g/mol. The number of hydrogen-bond acceptors (Lipinski definition) is 3. The lowest BCUT2D eigenvalue weighted by Crippen LogP contribution is -2.21. The first-order valence-electron chi connectivity index (χ1n) is 10.9. The van der Waals surface area contributed by atoms with Crippen molar-refractivity contribution in [2.45, 2.75) is 57.3 Å². The van der Waals surface area contributed by atoms with Gasteiger partial charge in [-0.2, -0.15) is 0 Å². The average Bonchev–Trinajstić information content (AvgIpc) is 2.98. The van der Waals surface area contributed by atoms with Crippen molar-refractivity contribution in [3.63, 3.8) is 0 Å². The van der Waals surface area contributed by atoms with Crippen molar-refractivity contribution in [3.05, 3.63) is 89.5 Å². The molecule has 1 aliphatic carbocycles. The Bertz CT molecular complexity index is 1090. The van der Waals surface area contributed by atoms with E-state index in [-0.39, 0.29) is 10.8 Å². The maximum absolute atomic E-state index is 6.50. The Morgan fingerprint density at radius 3 is 2.35 bits per heavy atom. The molecule has 160 valence electrons. The maximum Gasteiger partial charge on any atom is 0.530 e. The molecule has 2 bridgehead atoms. The molecular weight excluding hydrogens is 403 g/mol. The molecule has 1 heterocycles. The summed E-state index contributed by atoms with van der Waals surface area (Å²) in [5.74, 6) is 2.83. The van der Waals surface area contributed by atoms with Crippen LogP contribution in [-0.4, -0.2) is 0 Å². The number of fused-ring (bicyclic) bond motifs is 2. The molecule has 3 aromatic rings. The van der Waals surface area contributed by atoms with Crippen LogP contribution in [0.4, 0.5) is 0 Å². The van der Waals surface area contributed by atoms with E-state index < -0.39 is 8.60 Å². The molecule has 4 heteroatoms. The molecule has 1 aliphatic heterocycles. The smallest absolute Gasteiger partial charge is 0.409 e. The van der Waals surface area contributed by atoms with Gasteiger partial charge in [0.1, 0.15) is 17.2 Å². The van der Waals surface area contributed by atoms with Crippen LogP contribution in [0.1, 0.15) is 63.1 Å². The van der Waals surface area contributed by atoms with Crippen molar-refractivity contribution in [1.29, 1.82) is 0 Å². The first-order chi connectivity index (χ1) is 14.8. The summed E-state index contributed by atoms with van der Waals surface area (Å²) in [6.07, 6.45) is 2.18. The van der Waals surface area contributed by atoms with Crippen molar-refractivity contribution in [1.82, 2.24) is 0 Å². The molecule has 0 fully saturated rings. The Balaban J connectivity index is 1.63. The van der Waals surface area contributed by atoms with Gasteiger partial charge in [0.25, 0.3) is 0 Å². The SMILES string of the molecule is CC1(C)C[C@H]2CC(C)(C)c3cccc(c32)OP(Oc2ccccc2)Oc2cccc1c2. The summed E-state index contributed by atoms with van der Waals surface area (Å²) in [6.45, 7) is 9.35. The van der Waals surface area contributed by atoms with Gasteiger partial charge in [-0.15, -0.1) is 0 Å². The van der Waals surface area contributed by atoms with Crippen LogP contribution in [0.25, 0.3) is 0 Å². The van der Waals surface area contributed by atoms with E-state index in [4.69, 9.17) is 13.6 Å². The van der Waals surface area contributed by atoms with Gasteiger partial charge >= 0.3 is 8.60 Å². The van der Waals surface area contributed by atoms with Gasteiger partial charge in [-0.1, -0.05) is 70.2 Å². The standard InChI is InChI=1S/C27H29O3P/c1-26(2)17-19-18-27(3,4)23-14-9-15-24(25(19)23)30-31(28-21-11-6-5-7-12-21)29-22-13-8-10-20(26)16-22/h5-16,19H,17-18H2,1-4H3/t19-,31?/m0/s1.